The van der Waals surface area contributed by atoms with E-state index < -0.39 is 0 Å². The number of pyridine rings is 1. The number of hydrogen-bond donors (Lipinski definition) is 2. The lowest BCUT2D eigenvalue weighted by Gasteiger charge is -2.33. The highest BCUT2D eigenvalue weighted by Crippen LogP contribution is 2.17. The Labute approximate surface area is 120 Å². The minimum Gasteiger partial charge on any atom is -0.397 e. The second-order valence-electron chi connectivity index (χ2n) is 5.87. The first-order valence-corrected chi connectivity index (χ1v) is 7.30. The van der Waals surface area contributed by atoms with Gasteiger partial charge in [-0.2, -0.15) is 0 Å². The molecule has 1 aliphatic heterocycles. The van der Waals surface area contributed by atoms with E-state index in [1.54, 1.807) is 6.20 Å². The van der Waals surface area contributed by atoms with Crippen molar-refractivity contribution < 1.29 is 4.79 Å². The van der Waals surface area contributed by atoms with Crippen LogP contribution in [-0.4, -0.2) is 34.9 Å². The number of carbonyl (C=O) groups excluding carboxylic acids is 1. The number of nitrogens with zero attached hydrogens (tertiary/aromatic N) is 2. The average molecular weight is 276 g/mol. The first-order chi connectivity index (χ1) is 9.54. The van der Waals surface area contributed by atoms with Crippen LogP contribution < -0.4 is 11.1 Å². The highest BCUT2D eigenvalue weighted by Gasteiger charge is 2.23. The molecule has 1 amide bonds. The summed E-state index contributed by atoms with van der Waals surface area (Å²) in [6.07, 6.45) is 4.24. The highest BCUT2D eigenvalue weighted by molar-refractivity contribution is 5.76. The van der Waals surface area contributed by atoms with Gasteiger partial charge in [0, 0.05) is 25.6 Å². The smallest absolute Gasteiger partial charge is 0.222 e. The fraction of sp³-hybridized carbons (Fsp3) is 0.600. The van der Waals surface area contributed by atoms with Crippen LogP contribution in [0.5, 0.6) is 0 Å². The van der Waals surface area contributed by atoms with Gasteiger partial charge in [-0.05, 0) is 30.9 Å². The molecule has 20 heavy (non-hydrogen) atoms. The molecule has 1 aromatic heterocycles. The third kappa shape index (κ3) is 4.11. The quantitative estimate of drug-likeness (QED) is 0.883. The van der Waals surface area contributed by atoms with Crippen LogP contribution in [0.1, 0.15) is 33.1 Å². The Hall–Kier alpha value is -1.78. The first-order valence-electron chi connectivity index (χ1n) is 7.30. The fourth-order valence-electron chi connectivity index (χ4n) is 2.45. The molecule has 0 radical (unpaired) electrons. The molecular weight excluding hydrogens is 252 g/mol. The van der Waals surface area contributed by atoms with E-state index in [-0.39, 0.29) is 5.91 Å². The number of piperidine rings is 1. The molecule has 1 fully saturated rings. The SMILES string of the molecule is CC(C)CC(=O)N1CCC(Nc2ccc(N)cn2)CC1. The molecule has 1 aromatic rings. The largest absolute Gasteiger partial charge is 0.397 e. The molecule has 0 unspecified atom stereocenters. The van der Waals surface area contributed by atoms with Gasteiger partial charge in [-0.3, -0.25) is 4.79 Å². The molecular formula is C15H24N4O. The maximum Gasteiger partial charge on any atom is 0.222 e. The molecule has 0 aromatic carbocycles. The number of nitrogen functional groups attached to an aromatic ring is 1. The third-order valence-corrected chi connectivity index (χ3v) is 3.57. The predicted octanol–water partition coefficient (Wildman–Crippen LogP) is 2.11. The second-order valence-corrected chi connectivity index (χ2v) is 5.87. The molecule has 5 heteroatoms. The van der Waals surface area contributed by atoms with E-state index >= 15 is 0 Å². The van der Waals surface area contributed by atoms with Crippen molar-refractivity contribution in [2.45, 2.75) is 39.2 Å². The molecule has 3 N–H and O–H groups in total. The van der Waals surface area contributed by atoms with E-state index in [0.717, 1.165) is 31.7 Å². The summed E-state index contributed by atoms with van der Waals surface area (Å²) in [5.74, 6) is 1.56. The van der Waals surface area contributed by atoms with Crippen LogP contribution in [0, 0.1) is 5.92 Å². The molecule has 5 nitrogen and oxygen atoms in total. The maximum absolute atomic E-state index is 12.0. The van der Waals surface area contributed by atoms with E-state index in [1.165, 1.54) is 0 Å². The van der Waals surface area contributed by atoms with Crippen LogP contribution in [0.4, 0.5) is 11.5 Å². The summed E-state index contributed by atoms with van der Waals surface area (Å²) in [6, 6.07) is 4.12. The van der Waals surface area contributed by atoms with E-state index in [0.29, 0.717) is 24.1 Å². The Bertz CT molecular complexity index is 436. The Morgan fingerprint density at radius 2 is 2.15 bits per heavy atom. The number of amides is 1. The van der Waals surface area contributed by atoms with Crippen molar-refractivity contribution in [2.24, 2.45) is 5.92 Å². The molecule has 110 valence electrons. The summed E-state index contributed by atoms with van der Waals surface area (Å²) in [5, 5.41) is 3.40. The average Bonchev–Trinajstić information content (AvgIpc) is 2.41. The van der Waals surface area contributed by atoms with Crippen LogP contribution in [0.2, 0.25) is 0 Å². The first kappa shape index (κ1) is 14.6. The topological polar surface area (TPSA) is 71.2 Å². The maximum atomic E-state index is 12.0. The van der Waals surface area contributed by atoms with Crippen molar-refractivity contribution in [3.63, 3.8) is 0 Å². The Morgan fingerprint density at radius 1 is 1.45 bits per heavy atom. The summed E-state index contributed by atoms with van der Waals surface area (Å²) in [5.41, 5.74) is 6.29. The molecule has 0 atom stereocenters. The van der Waals surface area contributed by atoms with Gasteiger partial charge < -0.3 is 16.0 Å². The van der Waals surface area contributed by atoms with Gasteiger partial charge in [0.05, 0.1) is 11.9 Å². The molecule has 0 spiro atoms. The van der Waals surface area contributed by atoms with Crippen LogP contribution in [0.15, 0.2) is 18.3 Å². The van der Waals surface area contributed by atoms with Crippen molar-refractivity contribution in [3.8, 4) is 0 Å². The van der Waals surface area contributed by atoms with Gasteiger partial charge in [-0.1, -0.05) is 13.8 Å². The van der Waals surface area contributed by atoms with Gasteiger partial charge in [-0.25, -0.2) is 4.98 Å². The van der Waals surface area contributed by atoms with Crippen LogP contribution in [-0.2, 0) is 4.79 Å². The Balaban J connectivity index is 1.79. The molecule has 0 aliphatic carbocycles. The second kappa shape index (κ2) is 6.59. The molecule has 2 heterocycles. The van der Waals surface area contributed by atoms with Crippen LogP contribution >= 0.6 is 0 Å². The zero-order valence-electron chi connectivity index (χ0n) is 12.3. The number of aromatic nitrogens is 1. The summed E-state index contributed by atoms with van der Waals surface area (Å²) in [4.78, 5) is 18.2. The van der Waals surface area contributed by atoms with Gasteiger partial charge in [0.1, 0.15) is 5.82 Å². The summed E-state index contributed by atoms with van der Waals surface area (Å²) >= 11 is 0. The number of anilines is 2. The Morgan fingerprint density at radius 3 is 2.70 bits per heavy atom. The van der Waals surface area contributed by atoms with Gasteiger partial charge in [-0.15, -0.1) is 0 Å². The summed E-state index contributed by atoms with van der Waals surface area (Å²) in [6.45, 7) is 5.83. The van der Waals surface area contributed by atoms with Crippen molar-refractivity contribution >= 4 is 17.4 Å². The summed E-state index contributed by atoms with van der Waals surface area (Å²) < 4.78 is 0. The molecule has 2 rings (SSSR count). The van der Waals surface area contributed by atoms with Gasteiger partial charge in [0.25, 0.3) is 0 Å². The fourth-order valence-corrected chi connectivity index (χ4v) is 2.45. The number of nitrogens with one attached hydrogen (secondary N) is 1. The van der Waals surface area contributed by atoms with Crippen LogP contribution in [0.3, 0.4) is 0 Å². The van der Waals surface area contributed by atoms with Crippen molar-refractivity contribution in [1.82, 2.24) is 9.88 Å². The van der Waals surface area contributed by atoms with E-state index in [1.807, 2.05) is 17.0 Å². The van der Waals surface area contributed by atoms with Crippen molar-refractivity contribution in [1.29, 1.82) is 0 Å². The highest BCUT2D eigenvalue weighted by atomic mass is 16.2. The molecule has 1 aliphatic rings. The van der Waals surface area contributed by atoms with Crippen molar-refractivity contribution in [2.75, 3.05) is 24.1 Å². The standard InChI is InChI=1S/C15H24N4O/c1-11(2)9-15(20)19-7-5-13(6-8-19)18-14-4-3-12(16)10-17-14/h3-4,10-11,13H,5-9,16H2,1-2H3,(H,17,18). The number of likely N-dealkylation sites (tertiary alicyclic amines) is 1. The monoisotopic (exact) mass is 276 g/mol. The lowest BCUT2D eigenvalue weighted by molar-refractivity contribution is -0.132. The normalized spacial score (nSPS) is 16.4. The van der Waals surface area contributed by atoms with E-state index in [9.17, 15) is 4.79 Å². The number of nitrogens with two attached hydrogens (primary N) is 1. The molecule has 0 bridgehead atoms. The minimum absolute atomic E-state index is 0.282. The zero-order valence-corrected chi connectivity index (χ0v) is 12.3. The number of rotatable bonds is 4. The van der Waals surface area contributed by atoms with Crippen molar-refractivity contribution in [3.05, 3.63) is 18.3 Å². The summed E-state index contributed by atoms with van der Waals surface area (Å²) in [7, 11) is 0. The van der Waals surface area contributed by atoms with Gasteiger partial charge >= 0.3 is 0 Å². The third-order valence-electron chi connectivity index (χ3n) is 3.57. The van der Waals surface area contributed by atoms with E-state index in [2.05, 4.69) is 24.1 Å². The minimum atomic E-state index is 0.282. The van der Waals surface area contributed by atoms with Gasteiger partial charge in [0.15, 0.2) is 0 Å². The lowest BCUT2D eigenvalue weighted by atomic mass is 10.0. The predicted molar refractivity (Wildman–Crippen MR) is 81.3 cm³/mol. The molecule has 1 saturated heterocycles. The Kier molecular flexibility index (Phi) is 4.82. The lowest BCUT2D eigenvalue weighted by Crippen LogP contribution is -2.42. The zero-order chi connectivity index (χ0) is 14.5. The van der Waals surface area contributed by atoms with Gasteiger partial charge in [0.2, 0.25) is 5.91 Å². The molecule has 0 saturated carbocycles. The van der Waals surface area contributed by atoms with E-state index in [4.69, 9.17) is 5.73 Å². The number of carbonyl (C=O) groups is 1. The number of hydrogen-bond acceptors (Lipinski definition) is 4. The van der Waals surface area contributed by atoms with Crippen LogP contribution in [0.25, 0.3) is 0 Å².